The smallest absolute Gasteiger partial charge is 0.407 e. The van der Waals surface area contributed by atoms with Crippen molar-refractivity contribution in [2.24, 2.45) is 5.41 Å². The molecule has 2 aromatic carbocycles. The third-order valence-corrected chi connectivity index (χ3v) is 6.57. The Labute approximate surface area is 198 Å². The highest BCUT2D eigenvalue weighted by Crippen LogP contribution is 2.44. The minimum atomic E-state index is -0.901. The maximum atomic E-state index is 12.9. The normalized spacial score (nSPS) is 19.1. The fourth-order valence-corrected chi connectivity index (χ4v) is 4.77. The number of ether oxygens (including phenoxy) is 2. The van der Waals surface area contributed by atoms with Crippen molar-refractivity contribution in [3.63, 3.8) is 0 Å². The molecule has 1 aliphatic heterocycles. The van der Waals surface area contributed by atoms with Crippen LogP contribution in [0.5, 0.6) is 0 Å². The lowest BCUT2D eigenvalue weighted by Gasteiger charge is -2.35. The Balaban J connectivity index is 1.34. The van der Waals surface area contributed by atoms with E-state index in [2.05, 4.69) is 34.9 Å². The molecule has 2 amide bonds. The first kappa shape index (κ1) is 23.8. The van der Waals surface area contributed by atoms with Crippen LogP contribution in [0.3, 0.4) is 0 Å². The number of carboxylic acid groups (broad SMARTS) is 1. The van der Waals surface area contributed by atoms with Gasteiger partial charge in [0.2, 0.25) is 5.91 Å². The van der Waals surface area contributed by atoms with Gasteiger partial charge in [-0.25, -0.2) is 4.79 Å². The number of fused-ring (bicyclic) bond motifs is 3. The molecule has 0 saturated carbocycles. The third kappa shape index (κ3) is 5.22. The third-order valence-electron chi connectivity index (χ3n) is 6.57. The van der Waals surface area contributed by atoms with Gasteiger partial charge in [-0.3, -0.25) is 9.59 Å². The van der Waals surface area contributed by atoms with Gasteiger partial charge in [-0.05, 0) is 41.5 Å². The van der Waals surface area contributed by atoms with Crippen molar-refractivity contribution >= 4 is 18.0 Å². The first-order valence-electron chi connectivity index (χ1n) is 11.7. The van der Waals surface area contributed by atoms with Gasteiger partial charge in [0.1, 0.15) is 6.61 Å². The molecule has 0 spiro atoms. The zero-order chi connectivity index (χ0) is 24.0. The molecule has 1 aliphatic carbocycles. The van der Waals surface area contributed by atoms with Crippen molar-refractivity contribution in [2.75, 3.05) is 32.9 Å². The van der Waals surface area contributed by atoms with Gasteiger partial charge in [-0.1, -0.05) is 48.5 Å². The number of hydrogen-bond acceptors (Lipinski definition) is 5. The molecule has 2 aliphatic rings. The molecule has 1 atom stereocenters. The molecule has 1 heterocycles. The van der Waals surface area contributed by atoms with Crippen molar-refractivity contribution < 1.29 is 29.0 Å². The Hall–Kier alpha value is -3.39. The van der Waals surface area contributed by atoms with Gasteiger partial charge in [0.15, 0.2) is 0 Å². The number of aliphatic carboxylic acids is 1. The van der Waals surface area contributed by atoms with Crippen molar-refractivity contribution in [1.29, 1.82) is 0 Å². The molecule has 0 bridgehead atoms. The van der Waals surface area contributed by atoms with Crippen LogP contribution in [0, 0.1) is 5.41 Å². The van der Waals surface area contributed by atoms with Gasteiger partial charge in [0.25, 0.3) is 0 Å². The van der Waals surface area contributed by atoms with E-state index in [1.807, 2.05) is 24.3 Å². The van der Waals surface area contributed by atoms with Crippen LogP contribution < -0.4 is 10.6 Å². The summed E-state index contributed by atoms with van der Waals surface area (Å²) in [5.41, 5.74) is 3.69. The summed E-state index contributed by atoms with van der Waals surface area (Å²) in [6.45, 7) is 1.32. The first-order valence-corrected chi connectivity index (χ1v) is 11.7. The largest absolute Gasteiger partial charge is 0.481 e. The molecule has 180 valence electrons. The highest BCUT2D eigenvalue weighted by atomic mass is 16.5. The summed E-state index contributed by atoms with van der Waals surface area (Å²) in [6.07, 6.45) is 1.03. The summed E-state index contributed by atoms with van der Waals surface area (Å²) in [4.78, 5) is 36.2. The lowest BCUT2D eigenvalue weighted by molar-refractivity contribution is -0.140. The summed E-state index contributed by atoms with van der Waals surface area (Å²) in [6, 6.07) is 16.3. The Morgan fingerprint density at radius 1 is 1.03 bits per heavy atom. The van der Waals surface area contributed by atoms with Crippen LogP contribution in [0.1, 0.15) is 42.7 Å². The highest BCUT2D eigenvalue weighted by molar-refractivity contribution is 5.84. The van der Waals surface area contributed by atoms with Crippen LogP contribution in [-0.4, -0.2) is 56.0 Å². The monoisotopic (exact) mass is 466 g/mol. The van der Waals surface area contributed by atoms with Crippen LogP contribution in [-0.2, 0) is 19.1 Å². The zero-order valence-electron chi connectivity index (χ0n) is 19.0. The second kappa shape index (κ2) is 10.7. The van der Waals surface area contributed by atoms with Crippen molar-refractivity contribution in [3.8, 4) is 11.1 Å². The maximum Gasteiger partial charge on any atom is 0.407 e. The van der Waals surface area contributed by atoms with Crippen LogP contribution in [0.25, 0.3) is 11.1 Å². The second-order valence-electron chi connectivity index (χ2n) is 8.87. The van der Waals surface area contributed by atoms with E-state index in [0.717, 1.165) is 22.3 Å². The number of benzene rings is 2. The van der Waals surface area contributed by atoms with E-state index < -0.39 is 17.5 Å². The number of carboxylic acids is 1. The number of nitrogens with one attached hydrogen (secondary N) is 2. The lowest BCUT2D eigenvalue weighted by Crippen LogP contribution is -2.53. The van der Waals surface area contributed by atoms with Gasteiger partial charge in [-0.2, -0.15) is 0 Å². The Kier molecular flexibility index (Phi) is 7.47. The molecule has 1 fully saturated rings. The van der Waals surface area contributed by atoms with Crippen LogP contribution in [0.2, 0.25) is 0 Å². The van der Waals surface area contributed by atoms with Gasteiger partial charge >= 0.3 is 12.1 Å². The SMILES string of the molecule is O=C(O)CCCNC(=O)C1(CNC(=O)OCC2c3ccccc3-c3ccccc32)CCCOC1. The molecular formula is C26H30N2O6. The van der Waals surface area contributed by atoms with Crippen molar-refractivity contribution in [1.82, 2.24) is 10.6 Å². The second-order valence-corrected chi connectivity index (χ2v) is 8.87. The number of amides is 2. The molecule has 4 rings (SSSR count). The fraction of sp³-hybridized carbons (Fsp3) is 0.423. The fourth-order valence-electron chi connectivity index (χ4n) is 4.77. The number of rotatable bonds is 9. The van der Waals surface area contributed by atoms with E-state index in [9.17, 15) is 14.4 Å². The van der Waals surface area contributed by atoms with E-state index in [-0.39, 0.29) is 44.5 Å². The molecule has 3 N–H and O–H groups in total. The molecule has 0 aromatic heterocycles. The lowest BCUT2D eigenvalue weighted by atomic mass is 9.81. The Morgan fingerprint density at radius 2 is 1.71 bits per heavy atom. The quantitative estimate of drug-likeness (QED) is 0.489. The summed E-state index contributed by atoms with van der Waals surface area (Å²) >= 11 is 0. The molecule has 34 heavy (non-hydrogen) atoms. The van der Waals surface area contributed by atoms with Crippen LogP contribution >= 0.6 is 0 Å². The number of hydrogen-bond donors (Lipinski definition) is 3. The highest BCUT2D eigenvalue weighted by Gasteiger charge is 2.41. The number of alkyl carbamates (subject to hydrolysis) is 1. The molecule has 8 heteroatoms. The summed E-state index contributed by atoms with van der Waals surface area (Å²) < 4.78 is 11.1. The van der Waals surface area contributed by atoms with Gasteiger partial charge < -0.3 is 25.2 Å². The van der Waals surface area contributed by atoms with Crippen molar-refractivity contribution in [2.45, 2.75) is 31.6 Å². The standard InChI is InChI=1S/C26H30N2O6/c29-23(30)11-5-13-27-24(31)26(12-6-14-33-17-26)16-28-25(32)34-15-22-20-9-3-1-7-18(20)19-8-2-4-10-21(19)22/h1-4,7-10,22H,5-6,11-17H2,(H,27,31)(H,28,32)(H,29,30). The predicted octanol–water partition coefficient (Wildman–Crippen LogP) is 3.30. The minimum absolute atomic E-state index is 0.0121. The number of carbonyl (C=O) groups is 3. The van der Waals surface area contributed by atoms with Crippen molar-refractivity contribution in [3.05, 3.63) is 59.7 Å². The molecule has 8 nitrogen and oxygen atoms in total. The zero-order valence-corrected chi connectivity index (χ0v) is 19.0. The minimum Gasteiger partial charge on any atom is -0.481 e. The first-order chi connectivity index (χ1) is 16.5. The average molecular weight is 467 g/mol. The van der Waals surface area contributed by atoms with E-state index in [4.69, 9.17) is 14.6 Å². The van der Waals surface area contributed by atoms with E-state index in [1.165, 1.54) is 0 Å². The summed E-state index contributed by atoms with van der Waals surface area (Å²) in [7, 11) is 0. The average Bonchev–Trinajstić information content (AvgIpc) is 3.18. The van der Waals surface area contributed by atoms with Gasteiger partial charge in [0, 0.05) is 32.0 Å². The Morgan fingerprint density at radius 3 is 2.32 bits per heavy atom. The topological polar surface area (TPSA) is 114 Å². The molecule has 2 aromatic rings. The van der Waals surface area contributed by atoms with Crippen LogP contribution in [0.4, 0.5) is 4.79 Å². The summed E-state index contributed by atoms with van der Waals surface area (Å²) in [5.74, 6) is -1.18. The molecular weight excluding hydrogens is 436 g/mol. The van der Waals surface area contributed by atoms with Gasteiger partial charge in [0.05, 0.1) is 12.0 Å². The van der Waals surface area contributed by atoms with Gasteiger partial charge in [-0.15, -0.1) is 0 Å². The van der Waals surface area contributed by atoms with E-state index in [0.29, 0.717) is 25.9 Å². The van der Waals surface area contributed by atoms with E-state index >= 15 is 0 Å². The Bertz CT molecular complexity index is 1000. The number of carbonyl (C=O) groups excluding carboxylic acids is 2. The molecule has 1 saturated heterocycles. The van der Waals surface area contributed by atoms with E-state index in [1.54, 1.807) is 0 Å². The summed E-state index contributed by atoms with van der Waals surface area (Å²) in [5, 5.41) is 14.3. The molecule has 0 radical (unpaired) electrons. The maximum absolute atomic E-state index is 12.9. The molecule has 1 unspecified atom stereocenters. The van der Waals surface area contributed by atoms with Crippen LogP contribution in [0.15, 0.2) is 48.5 Å². The predicted molar refractivity (Wildman–Crippen MR) is 125 cm³/mol.